The fraction of sp³-hybridized carbons (Fsp3) is 1.00. The van der Waals surface area contributed by atoms with Gasteiger partial charge in [-0.25, -0.2) is 0 Å². The van der Waals surface area contributed by atoms with Crippen molar-refractivity contribution >= 4 is 0 Å². The normalized spacial score (nSPS) is 40.6. The average molecular weight is 186 g/mol. The first-order valence-electron chi connectivity index (χ1n) is 5.22. The van der Waals surface area contributed by atoms with Crippen molar-refractivity contribution in [2.24, 2.45) is 5.73 Å². The number of nitrogens with one attached hydrogen (secondary N) is 1. The number of rotatable bonds is 3. The molecule has 1 aliphatic rings. The van der Waals surface area contributed by atoms with Crippen molar-refractivity contribution in [2.45, 2.75) is 51.4 Å². The summed E-state index contributed by atoms with van der Waals surface area (Å²) in [5.41, 5.74) is 5.95. The van der Waals surface area contributed by atoms with Crippen LogP contribution in [0.25, 0.3) is 0 Å². The van der Waals surface area contributed by atoms with Crippen LogP contribution in [-0.2, 0) is 4.74 Å². The van der Waals surface area contributed by atoms with Gasteiger partial charge >= 0.3 is 0 Å². The Labute approximate surface area is 81.0 Å². The molecule has 0 aromatic carbocycles. The molecule has 0 amide bonds. The van der Waals surface area contributed by atoms with Gasteiger partial charge in [-0.05, 0) is 33.2 Å². The molecule has 1 saturated heterocycles. The van der Waals surface area contributed by atoms with Gasteiger partial charge < -0.3 is 15.8 Å². The van der Waals surface area contributed by atoms with Gasteiger partial charge in [0.2, 0.25) is 0 Å². The van der Waals surface area contributed by atoms with Gasteiger partial charge in [-0.2, -0.15) is 0 Å². The molecule has 1 heterocycles. The predicted octanol–water partition coefficient (Wildman–Crippen LogP) is 0.881. The summed E-state index contributed by atoms with van der Waals surface area (Å²) in [7, 11) is 0. The maximum absolute atomic E-state index is 5.83. The summed E-state index contributed by atoms with van der Waals surface area (Å²) in [6, 6.07) is 0. The first-order valence-corrected chi connectivity index (χ1v) is 5.22. The van der Waals surface area contributed by atoms with Gasteiger partial charge in [0.25, 0.3) is 0 Å². The van der Waals surface area contributed by atoms with Crippen LogP contribution < -0.4 is 11.1 Å². The molecule has 0 aliphatic carbocycles. The number of nitrogens with two attached hydrogens (primary N) is 1. The lowest BCUT2D eigenvalue weighted by atomic mass is 9.84. The van der Waals surface area contributed by atoms with Gasteiger partial charge in [-0.3, -0.25) is 0 Å². The van der Waals surface area contributed by atoms with Crippen molar-refractivity contribution in [1.82, 2.24) is 5.32 Å². The summed E-state index contributed by atoms with van der Waals surface area (Å²) < 4.78 is 5.69. The third kappa shape index (κ3) is 2.66. The number of likely N-dealkylation sites (N-methyl/N-ethyl adjacent to an activating group) is 1. The van der Waals surface area contributed by atoms with Crippen LogP contribution in [0.4, 0.5) is 0 Å². The minimum absolute atomic E-state index is 0.117. The highest BCUT2D eigenvalue weighted by Gasteiger charge is 2.36. The summed E-state index contributed by atoms with van der Waals surface area (Å²) in [6.45, 7) is 8.06. The Bertz CT molecular complexity index is 151. The van der Waals surface area contributed by atoms with Crippen LogP contribution in [0.2, 0.25) is 0 Å². The maximum Gasteiger partial charge on any atom is 0.0568 e. The molecule has 2 atom stereocenters. The topological polar surface area (TPSA) is 47.3 Å². The molecule has 0 radical (unpaired) electrons. The Kier molecular flexibility index (Phi) is 3.71. The quantitative estimate of drug-likeness (QED) is 0.688. The van der Waals surface area contributed by atoms with Crippen molar-refractivity contribution in [3.63, 3.8) is 0 Å². The van der Waals surface area contributed by atoms with Crippen LogP contribution in [0.5, 0.6) is 0 Å². The standard InChI is InChI=1S/C10H22N2O/c1-4-12-10(7-11)5-8(2)13-9(3)6-10/h8-9,12H,4-7,11H2,1-3H3. The first kappa shape index (κ1) is 11.0. The lowest BCUT2D eigenvalue weighted by molar-refractivity contribution is -0.0666. The van der Waals surface area contributed by atoms with Crippen LogP contribution >= 0.6 is 0 Å². The highest BCUT2D eigenvalue weighted by molar-refractivity contribution is 4.95. The Morgan fingerprint density at radius 1 is 1.38 bits per heavy atom. The van der Waals surface area contributed by atoms with E-state index in [1.807, 2.05) is 0 Å². The van der Waals surface area contributed by atoms with Gasteiger partial charge in [0.1, 0.15) is 0 Å². The molecule has 3 N–H and O–H groups in total. The molecular formula is C10H22N2O. The third-order valence-electron chi connectivity index (χ3n) is 2.76. The van der Waals surface area contributed by atoms with E-state index in [1.165, 1.54) is 0 Å². The van der Waals surface area contributed by atoms with Crippen molar-refractivity contribution in [2.75, 3.05) is 13.1 Å². The zero-order chi connectivity index (χ0) is 9.90. The number of ether oxygens (including phenoxy) is 1. The Balaban J connectivity index is 2.62. The van der Waals surface area contributed by atoms with E-state index < -0.39 is 0 Å². The van der Waals surface area contributed by atoms with E-state index in [-0.39, 0.29) is 5.54 Å². The van der Waals surface area contributed by atoms with Gasteiger partial charge in [-0.1, -0.05) is 6.92 Å². The summed E-state index contributed by atoms with van der Waals surface area (Å²) in [4.78, 5) is 0. The number of hydrogen-bond donors (Lipinski definition) is 2. The summed E-state index contributed by atoms with van der Waals surface area (Å²) in [5.74, 6) is 0. The first-order chi connectivity index (χ1) is 6.12. The van der Waals surface area contributed by atoms with E-state index in [4.69, 9.17) is 10.5 Å². The molecule has 13 heavy (non-hydrogen) atoms. The van der Waals surface area contributed by atoms with E-state index in [0.29, 0.717) is 18.8 Å². The van der Waals surface area contributed by atoms with Crippen LogP contribution in [0.3, 0.4) is 0 Å². The second kappa shape index (κ2) is 4.40. The minimum Gasteiger partial charge on any atom is -0.375 e. The molecule has 3 heteroatoms. The highest BCUT2D eigenvalue weighted by atomic mass is 16.5. The van der Waals surface area contributed by atoms with Crippen LogP contribution in [0, 0.1) is 0 Å². The molecule has 3 nitrogen and oxygen atoms in total. The fourth-order valence-corrected chi connectivity index (χ4v) is 2.43. The van der Waals surface area contributed by atoms with Crippen molar-refractivity contribution in [3.05, 3.63) is 0 Å². The predicted molar refractivity (Wildman–Crippen MR) is 54.7 cm³/mol. The molecule has 0 saturated carbocycles. The van der Waals surface area contributed by atoms with E-state index in [9.17, 15) is 0 Å². The van der Waals surface area contributed by atoms with Gasteiger partial charge in [0.05, 0.1) is 12.2 Å². The molecule has 0 aromatic heterocycles. The summed E-state index contributed by atoms with van der Waals surface area (Å²) >= 11 is 0. The molecular weight excluding hydrogens is 164 g/mol. The van der Waals surface area contributed by atoms with Gasteiger partial charge in [0, 0.05) is 12.1 Å². The van der Waals surface area contributed by atoms with Crippen LogP contribution in [0.15, 0.2) is 0 Å². The molecule has 1 rings (SSSR count). The Morgan fingerprint density at radius 2 is 1.92 bits per heavy atom. The van der Waals surface area contributed by atoms with Crippen molar-refractivity contribution < 1.29 is 4.74 Å². The van der Waals surface area contributed by atoms with E-state index >= 15 is 0 Å². The van der Waals surface area contributed by atoms with E-state index in [0.717, 1.165) is 19.4 Å². The highest BCUT2D eigenvalue weighted by Crippen LogP contribution is 2.27. The smallest absolute Gasteiger partial charge is 0.0568 e. The molecule has 1 fully saturated rings. The average Bonchev–Trinajstić information content (AvgIpc) is 2.03. The second-order valence-electron chi connectivity index (χ2n) is 4.18. The van der Waals surface area contributed by atoms with E-state index in [1.54, 1.807) is 0 Å². The maximum atomic E-state index is 5.83. The Hall–Kier alpha value is -0.120. The van der Waals surface area contributed by atoms with Crippen LogP contribution in [0.1, 0.15) is 33.6 Å². The zero-order valence-corrected chi connectivity index (χ0v) is 8.97. The van der Waals surface area contributed by atoms with Crippen LogP contribution in [-0.4, -0.2) is 30.8 Å². The van der Waals surface area contributed by atoms with Gasteiger partial charge in [-0.15, -0.1) is 0 Å². The molecule has 0 spiro atoms. The molecule has 1 aliphatic heterocycles. The summed E-state index contributed by atoms with van der Waals surface area (Å²) in [6.07, 6.45) is 2.71. The number of hydrogen-bond acceptors (Lipinski definition) is 3. The molecule has 0 bridgehead atoms. The third-order valence-corrected chi connectivity index (χ3v) is 2.76. The molecule has 2 unspecified atom stereocenters. The molecule has 78 valence electrons. The minimum atomic E-state index is 0.117. The van der Waals surface area contributed by atoms with Crippen molar-refractivity contribution in [1.29, 1.82) is 0 Å². The lowest BCUT2D eigenvalue weighted by Gasteiger charge is -2.42. The van der Waals surface area contributed by atoms with Crippen molar-refractivity contribution in [3.8, 4) is 0 Å². The summed E-state index contributed by atoms with van der Waals surface area (Å²) in [5, 5.41) is 3.50. The van der Waals surface area contributed by atoms with Gasteiger partial charge in [0.15, 0.2) is 0 Å². The largest absolute Gasteiger partial charge is 0.375 e. The fourth-order valence-electron chi connectivity index (χ4n) is 2.43. The SMILES string of the molecule is CCNC1(CN)CC(C)OC(C)C1. The Morgan fingerprint density at radius 3 is 2.31 bits per heavy atom. The zero-order valence-electron chi connectivity index (χ0n) is 8.97. The molecule has 0 aromatic rings. The van der Waals surface area contributed by atoms with E-state index in [2.05, 4.69) is 26.1 Å². The monoisotopic (exact) mass is 186 g/mol. The lowest BCUT2D eigenvalue weighted by Crippen LogP contribution is -2.57. The second-order valence-corrected chi connectivity index (χ2v) is 4.18.